The first-order valence-electron chi connectivity index (χ1n) is 26.4. The van der Waals surface area contributed by atoms with Crippen LogP contribution in [0.3, 0.4) is 0 Å². The number of carbonyl (C=O) groups is 3. The number of rotatable bonds is 47. The molecule has 0 aromatic rings. The first kappa shape index (κ1) is 59.9. The highest BCUT2D eigenvalue weighted by Crippen LogP contribution is 2.14. The van der Waals surface area contributed by atoms with Crippen LogP contribution in [-0.2, 0) is 28.6 Å². The fourth-order valence-electron chi connectivity index (χ4n) is 7.19. The van der Waals surface area contributed by atoms with Crippen LogP contribution in [0.1, 0.15) is 252 Å². The van der Waals surface area contributed by atoms with Crippen molar-refractivity contribution in [1.82, 2.24) is 0 Å². The third kappa shape index (κ3) is 49.7. The lowest BCUT2D eigenvalue weighted by Gasteiger charge is -2.18. The van der Waals surface area contributed by atoms with Crippen molar-refractivity contribution >= 4 is 17.9 Å². The minimum atomic E-state index is -0.790. The lowest BCUT2D eigenvalue weighted by atomic mass is 10.1. The zero-order valence-electron chi connectivity index (χ0n) is 41.3. The molecule has 0 saturated carbocycles. The van der Waals surface area contributed by atoms with Gasteiger partial charge in [-0.25, -0.2) is 0 Å². The highest BCUT2D eigenvalue weighted by Gasteiger charge is 2.19. The Hall–Kier alpha value is -3.15. The minimum Gasteiger partial charge on any atom is -0.462 e. The van der Waals surface area contributed by atoms with Crippen molar-refractivity contribution in [2.24, 2.45) is 0 Å². The van der Waals surface area contributed by atoms with Gasteiger partial charge in [0.05, 0.1) is 0 Å². The van der Waals surface area contributed by atoms with Crippen molar-refractivity contribution < 1.29 is 28.6 Å². The Morgan fingerprint density at radius 1 is 0.333 bits per heavy atom. The monoisotopic (exact) mass is 879 g/mol. The van der Waals surface area contributed by atoms with Crippen molar-refractivity contribution in [3.8, 4) is 0 Å². The standard InChI is InChI=1S/C57H98O6/c1-4-7-10-13-16-19-22-25-28-31-34-37-40-43-46-49-55(58)61-52-54(63-57(60)51-48-45-42-39-36-33-30-27-24-21-18-15-12-9-6-3)53-62-56(59)50-47-44-41-38-35-32-29-26-23-20-17-14-11-8-5-2/h7,10,16-17,19-21,24-26,28-29,54H,4-6,8-9,11-15,18,22-23,27,30-53H2,1-3H3/b10-7-,19-16-,20-17-,24-21-,28-25-,29-26-/t54-/m1/s1. The molecule has 0 N–H and O–H groups in total. The van der Waals surface area contributed by atoms with Crippen LogP contribution in [0.5, 0.6) is 0 Å². The predicted molar refractivity (Wildman–Crippen MR) is 270 cm³/mol. The second kappa shape index (κ2) is 51.5. The van der Waals surface area contributed by atoms with Gasteiger partial charge in [0.25, 0.3) is 0 Å². The molecule has 0 aliphatic carbocycles. The normalized spacial score (nSPS) is 12.6. The molecule has 1 atom stereocenters. The van der Waals surface area contributed by atoms with E-state index in [4.69, 9.17) is 14.2 Å². The first-order valence-corrected chi connectivity index (χ1v) is 26.4. The molecule has 0 spiro atoms. The van der Waals surface area contributed by atoms with E-state index in [0.717, 1.165) is 116 Å². The van der Waals surface area contributed by atoms with E-state index in [9.17, 15) is 14.4 Å². The van der Waals surface area contributed by atoms with E-state index in [2.05, 4.69) is 93.7 Å². The minimum absolute atomic E-state index is 0.0901. The third-order valence-electron chi connectivity index (χ3n) is 11.2. The topological polar surface area (TPSA) is 78.9 Å². The van der Waals surface area contributed by atoms with E-state index in [0.29, 0.717) is 19.3 Å². The van der Waals surface area contributed by atoms with Crippen molar-refractivity contribution in [3.05, 3.63) is 72.9 Å². The highest BCUT2D eigenvalue weighted by atomic mass is 16.6. The summed E-state index contributed by atoms with van der Waals surface area (Å²) in [7, 11) is 0. The van der Waals surface area contributed by atoms with Gasteiger partial charge in [0.1, 0.15) is 13.2 Å². The lowest BCUT2D eigenvalue weighted by molar-refractivity contribution is -0.167. The molecule has 0 aliphatic rings. The molecule has 0 unspecified atom stereocenters. The summed E-state index contributed by atoms with van der Waals surface area (Å²) in [5.41, 5.74) is 0. The van der Waals surface area contributed by atoms with Crippen molar-refractivity contribution in [2.75, 3.05) is 13.2 Å². The molecule has 362 valence electrons. The highest BCUT2D eigenvalue weighted by molar-refractivity contribution is 5.71. The van der Waals surface area contributed by atoms with Crippen LogP contribution in [0.4, 0.5) is 0 Å². The van der Waals surface area contributed by atoms with E-state index in [1.807, 2.05) is 0 Å². The maximum Gasteiger partial charge on any atom is 0.306 e. The van der Waals surface area contributed by atoms with E-state index < -0.39 is 6.10 Å². The lowest BCUT2D eigenvalue weighted by Crippen LogP contribution is -2.30. The Morgan fingerprint density at radius 2 is 0.619 bits per heavy atom. The van der Waals surface area contributed by atoms with Gasteiger partial charge in [0.2, 0.25) is 0 Å². The second-order valence-electron chi connectivity index (χ2n) is 17.4. The molecule has 0 heterocycles. The summed E-state index contributed by atoms with van der Waals surface area (Å²) in [4.78, 5) is 38.0. The number of unbranched alkanes of at least 4 members (excludes halogenated alkanes) is 24. The Morgan fingerprint density at radius 3 is 1.02 bits per heavy atom. The van der Waals surface area contributed by atoms with Gasteiger partial charge < -0.3 is 14.2 Å². The number of hydrogen-bond acceptors (Lipinski definition) is 6. The Kier molecular flexibility index (Phi) is 48.9. The van der Waals surface area contributed by atoms with Gasteiger partial charge in [0, 0.05) is 19.3 Å². The molecule has 0 aromatic heterocycles. The molecule has 0 saturated heterocycles. The molecular formula is C57H98O6. The average Bonchev–Trinajstić information content (AvgIpc) is 3.28. The Balaban J connectivity index is 4.44. The molecule has 0 aliphatic heterocycles. The molecule has 0 bridgehead atoms. The number of allylic oxidation sites excluding steroid dienone is 12. The first-order chi connectivity index (χ1) is 31.0. The van der Waals surface area contributed by atoms with E-state index in [1.165, 1.54) is 96.3 Å². The smallest absolute Gasteiger partial charge is 0.306 e. The van der Waals surface area contributed by atoms with Gasteiger partial charge in [-0.2, -0.15) is 0 Å². The maximum absolute atomic E-state index is 12.8. The van der Waals surface area contributed by atoms with E-state index >= 15 is 0 Å². The largest absolute Gasteiger partial charge is 0.462 e. The summed E-state index contributed by atoms with van der Waals surface area (Å²) in [6, 6.07) is 0. The third-order valence-corrected chi connectivity index (χ3v) is 11.2. The molecule has 0 aromatic carbocycles. The van der Waals surface area contributed by atoms with Crippen LogP contribution in [0.25, 0.3) is 0 Å². The molecule has 0 rings (SSSR count). The fraction of sp³-hybridized carbons (Fsp3) is 0.737. The van der Waals surface area contributed by atoms with Crippen molar-refractivity contribution in [2.45, 2.75) is 258 Å². The van der Waals surface area contributed by atoms with Gasteiger partial charge in [0.15, 0.2) is 6.10 Å². The number of esters is 3. The zero-order chi connectivity index (χ0) is 45.8. The SMILES string of the molecule is CC/C=C\C/C=C\C/C=C\CCCCCCCC(=O)OC[C@H](COC(=O)CCCCCCC/C=C\C/C=C\CCCCC)OC(=O)CCCCCCCCC/C=C\CCCCCC. The summed E-state index contributed by atoms with van der Waals surface area (Å²) >= 11 is 0. The van der Waals surface area contributed by atoms with E-state index in [-0.39, 0.29) is 31.1 Å². The van der Waals surface area contributed by atoms with Gasteiger partial charge in [-0.1, -0.05) is 196 Å². The number of hydrogen-bond donors (Lipinski definition) is 0. The Labute approximate surface area is 389 Å². The molecule has 6 heteroatoms. The summed E-state index contributed by atoms with van der Waals surface area (Å²) < 4.78 is 16.8. The second-order valence-corrected chi connectivity index (χ2v) is 17.4. The average molecular weight is 879 g/mol. The van der Waals surface area contributed by atoms with Gasteiger partial charge >= 0.3 is 17.9 Å². The van der Waals surface area contributed by atoms with Crippen molar-refractivity contribution in [3.63, 3.8) is 0 Å². The van der Waals surface area contributed by atoms with Crippen LogP contribution in [0, 0.1) is 0 Å². The summed E-state index contributed by atoms with van der Waals surface area (Å²) in [5, 5.41) is 0. The molecule has 0 amide bonds. The zero-order valence-corrected chi connectivity index (χ0v) is 41.3. The number of ether oxygens (including phenoxy) is 3. The van der Waals surface area contributed by atoms with Gasteiger partial charge in [-0.05, 0) is 109 Å². The predicted octanol–water partition coefficient (Wildman–Crippen LogP) is 17.4. The summed E-state index contributed by atoms with van der Waals surface area (Å²) in [5.74, 6) is -0.921. The van der Waals surface area contributed by atoms with Crippen LogP contribution >= 0.6 is 0 Å². The summed E-state index contributed by atoms with van der Waals surface area (Å²) in [6.45, 7) is 6.46. The van der Waals surface area contributed by atoms with Gasteiger partial charge in [-0.3, -0.25) is 14.4 Å². The van der Waals surface area contributed by atoms with Crippen molar-refractivity contribution in [1.29, 1.82) is 0 Å². The number of carbonyl (C=O) groups excluding carboxylic acids is 3. The van der Waals surface area contributed by atoms with Crippen LogP contribution in [0.15, 0.2) is 72.9 Å². The molecule has 63 heavy (non-hydrogen) atoms. The quantitative estimate of drug-likeness (QED) is 0.0262. The van der Waals surface area contributed by atoms with E-state index in [1.54, 1.807) is 0 Å². The molecule has 0 fully saturated rings. The van der Waals surface area contributed by atoms with Gasteiger partial charge in [-0.15, -0.1) is 0 Å². The maximum atomic E-state index is 12.8. The van der Waals surface area contributed by atoms with Crippen LogP contribution < -0.4 is 0 Å². The Bertz CT molecular complexity index is 1190. The molecule has 6 nitrogen and oxygen atoms in total. The fourth-order valence-corrected chi connectivity index (χ4v) is 7.19. The summed E-state index contributed by atoms with van der Waals surface area (Å²) in [6.07, 6.45) is 64.5. The van der Waals surface area contributed by atoms with Crippen LogP contribution in [-0.4, -0.2) is 37.2 Å². The van der Waals surface area contributed by atoms with Crippen LogP contribution in [0.2, 0.25) is 0 Å². The molecule has 0 radical (unpaired) electrons. The molecular weight excluding hydrogens is 781 g/mol.